The summed E-state index contributed by atoms with van der Waals surface area (Å²) in [6, 6.07) is 4.41. The fraction of sp³-hybridized carbons (Fsp3) is 0.562. The fourth-order valence-electron chi connectivity index (χ4n) is 2.72. The molecule has 0 spiro atoms. The van der Waals surface area contributed by atoms with Crippen LogP contribution in [0.15, 0.2) is 18.3 Å². The molecule has 3 rings (SSSR count). The number of nitrogens with zero attached hydrogens (tertiary/aromatic N) is 3. The second-order valence-corrected chi connectivity index (χ2v) is 6.15. The average molecular weight is 286 g/mol. The fourth-order valence-corrected chi connectivity index (χ4v) is 2.72. The van der Waals surface area contributed by atoms with Gasteiger partial charge in [-0.1, -0.05) is 13.8 Å². The van der Waals surface area contributed by atoms with E-state index in [2.05, 4.69) is 34.1 Å². The highest BCUT2D eigenvalue weighted by molar-refractivity contribution is 5.74. The lowest BCUT2D eigenvalue weighted by Gasteiger charge is -2.26. The monoisotopic (exact) mass is 286 g/mol. The van der Waals surface area contributed by atoms with E-state index >= 15 is 0 Å². The van der Waals surface area contributed by atoms with Crippen LogP contribution in [0, 0.1) is 0 Å². The molecule has 0 atom stereocenters. The second-order valence-electron chi connectivity index (χ2n) is 6.15. The molecule has 2 aromatic heterocycles. The van der Waals surface area contributed by atoms with E-state index < -0.39 is 0 Å². The number of aliphatic hydroxyl groups is 1. The van der Waals surface area contributed by atoms with Gasteiger partial charge in [0.2, 0.25) is 5.95 Å². The standard InChI is InChI=1S/C16H22N4O/c1-10(2)14-8-3-11-9-17-16(20-15(11)19-14)18-12-4-6-13(21)7-5-12/h3,8-10,12-13,21H,4-7H2,1-2H3,(H,17,18,19,20). The van der Waals surface area contributed by atoms with Crippen LogP contribution in [0.1, 0.15) is 51.1 Å². The lowest BCUT2D eigenvalue weighted by atomic mass is 9.93. The maximum absolute atomic E-state index is 9.55. The van der Waals surface area contributed by atoms with E-state index in [4.69, 9.17) is 0 Å². The first kappa shape index (κ1) is 14.2. The van der Waals surface area contributed by atoms with Crippen LogP contribution in [0.2, 0.25) is 0 Å². The van der Waals surface area contributed by atoms with E-state index in [0.29, 0.717) is 17.9 Å². The van der Waals surface area contributed by atoms with Gasteiger partial charge in [0.25, 0.3) is 0 Å². The highest BCUT2D eigenvalue weighted by atomic mass is 16.3. The van der Waals surface area contributed by atoms with E-state index in [0.717, 1.165) is 42.4 Å². The number of fused-ring (bicyclic) bond motifs is 1. The smallest absolute Gasteiger partial charge is 0.224 e. The van der Waals surface area contributed by atoms with Crippen molar-refractivity contribution >= 4 is 17.0 Å². The Kier molecular flexibility index (Phi) is 4.01. The summed E-state index contributed by atoms with van der Waals surface area (Å²) in [7, 11) is 0. The van der Waals surface area contributed by atoms with Gasteiger partial charge < -0.3 is 10.4 Å². The van der Waals surface area contributed by atoms with Gasteiger partial charge in [-0.2, -0.15) is 4.98 Å². The van der Waals surface area contributed by atoms with Crippen molar-refractivity contribution in [3.05, 3.63) is 24.0 Å². The largest absolute Gasteiger partial charge is 0.393 e. The first-order valence-electron chi connectivity index (χ1n) is 7.70. The maximum atomic E-state index is 9.55. The van der Waals surface area contributed by atoms with Crippen molar-refractivity contribution in [3.8, 4) is 0 Å². The molecular weight excluding hydrogens is 264 g/mol. The SMILES string of the molecule is CC(C)c1ccc2cnc(NC3CCC(O)CC3)nc2n1. The summed E-state index contributed by atoms with van der Waals surface area (Å²) in [4.78, 5) is 13.5. The van der Waals surface area contributed by atoms with Crippen LogP contribution in [0.4, 0.5) is 5.95 Å². The Bertz CT molecular complexity index is 621. The molecule has 1 saturated carbocycles. The number of rotatable bonds is 3. The zero-order valence-corrected chi connectivity index (χ0v) is 12.6. The van der Waals surface area contributed by atoms with Crippen molar-refractivity contribution in [1.82, 2.24) is 15.0 Å². The quantitative estimate of drug-likeness (QED) is 0.908. The highest BCUT2D eigenvalue weighted by Gasteiger charge is 2.19. The van der Waals surface area contributed by atoms with Crippen LogP contribution < -0.4 is 5.32 Å². The lowest BCUT2D eigenvalue weighted by Crippen LogP contribution is -2.28. The zero-order valence-electron chi connectivity index (χ0n) is 12.6. The van der Waals surface area contributed by atoms with Gasteiger partial charge in [0.1, 0.15) is 0 Å². The third kappa shape index (κ3) is 3.29. The molecule has 1 fully saturated rings. The van der Waals surface area contributed by atoms with Crippen molar-refractivity contribution in [2.24, 2.45) is 0 Å². The molecule has 5 heteroatoms. The Morgan fingerprint density at radius 1 is 1.14 bits per heavy atom. The summed E-state index contributed by atoms with van der Waals surface area (Å²) >= 11 is 0. The molecule has 0 amide bonds. The minimum absolute atomic E-state index is 0.143. The van der Waals surface area contributed by atoms with E-state index in [1.165, 1.54) is 0 Å². The van der Waals surface area contributed by atoms with Crippen LogP contribution in [0.25, 0.3) is 11.0 Å². The van der Waals surface area contributed by atoms with Crippen molar-refractivity contribution in [2.45, 2.75) is 57.6 Å². The number of aromatic nitrogens is 3. The molecule has 0 radical (unpaired) electrons. The second kappa shape index (κ2) is 5.93. The van der Waals surface area contributed by atoms with Crippen LogP contribution in [0.5, 0.6) is 0 Å². The Balaban J connectivity index is 1.79. The van der Waals surface area contributed by atoms with Gasteiger partial charge >= 0.3 is 0 Å². The van der Waals surface area contributed by atoms with Gasteiger partial charge in [-0.15, -0.1) is 0 Å². The highest BCUT2D eigenvalue weighted by Crippen LogP contribution is 2.22. The van der Waals surface area contributed by atoms with Crippen molar-refractivity contribution < 1.29 is 5.11 Å². The van der Waals surface area contributed by atoms with Crippen molar-refractivity contribution in [2.75, 3.05) is 5.32 Å². The van der Waals surface area contributed by atoms with Gasteiger partial charge in [0.15, 0.2) is 5.65 Å². The average Bonchev–Trinajstić information content (AvgIpc) is 2.49. The Morgan fingerprint density at radius 3 is 2.62 bits per heavy atom. The van der Waals surface area contributed by atoms with Crippen molar-refractivity contribution in [3.63, 3.8) is 0 Å². The lowest BCUT2D eigenvalue weighted by molar-refractivity contribution is 0.126. The number of nitrogens with one attached hydrogen (secondary N) is 1. The molecule has 5 nitrogen and oxygen atoms in total. The van der Waals surface area contributed by atoms with E-state index in [-0.39, 0.29) is 6.10 Å². The molecular formula is C16H22N4O. The summed E-state index contributed by atoms with van der Waals surface area (Å²) in [5, 5.41) is 13.9. The number of hydrogen-bond acceptors (Lipinski definition) is 5. The molecule has 0 aromatic carbocycles. The van der Waals surface area contributed by atoms with Crippen LogP contribution >= 0.6 is 0 Å². The topological polar surface area (TPSA) is 70.9 Å². The third-order valence-electron chi connectivity index (χ3n) is 4.09. The number of hydrogen-bond donors (Lipinski definition) is 2. The molecule has 1 aliphatic carbocycles. The van der Waals surface area contributed by atoms with Gasteiger partial charge in [0.05, 0.1) is 6.10 Å². The third-order valence-corrected chi connectivity index (χ3v) is 4.09. The first-order chi connectivity index (χ1) is 10.1. The molecule has 0 unspecified atom stereocenters. The molecule has 0 bridgehead atoms. The molecule has 2 aromatic rings. The Morgan fingerprint density at radius 2 is 1.90 bits per heavy atom. The summed E-state index contributed by atoms with van der Waals surface area (Å²) in [5.41, 5.74) is 1.79. The molecule has 112 valence electrons. The minimum atomic E-state index is -0.143. The number of pyridine rings is 1. The first-order valence-corrected chi connectivity index (χ1v) is 7.70. The molecule has 0 aliphatic heterocycles. The Hall–Kier alpha value is -1.75. The number of anilines is 1. The van der Waals surface area contributed by atoms with Crippen LogP contribution in [0.3, 0.4) is 0 Å². The summed E-state index contributed by atoms with van der Waals surface area (Å²) in [6.45, 7) is 4.25. The Labute approximate surface area is 124 Å². The van der Waals surface area contributed by atoms with E-state index in [9.17, 15) is 5.11 Å². The summed E-state index contributed by atoms with van der Waals surface area (Å²) in [6.07, 6.45) is 5.29. The molecule has 0 saturated heterocycles. The summed E-state index contributed by atoms with van der Waals surface area (Å²) < 4.78 is 0. The normalized spacial score (nSPS) is 22.7. The van der Waals surface area contributed by atoms with Gasteiger partial charge in [-0.05, 0) is 43.7 Å². The molecule has 2 heterocycles. The van der Waals surface area contributed by atoms with E-state index in [1.54, 1.807) is 0 Å². The van der Waals surface area contributed by atoms with Crippen LogP contribution in [-0.4, -0.2) is 32.2 Å². The van der Waals surface area contributed by atoms with E-state index in [1.807, 2.05) is 18.3 Å². The van der Waals surface area contributed by atoms with Crippen molar-refractivity contribution in [1.29, 1.82) is 0 Å². The number of aliphatic hydroxyl groups excluding tert-OH is 1. The summed E-state index contributed by atoms with van der Waals surface area (Å²) in [5.74, 6) is 1.03. The molecule has 1 aliphatic rings. The molecule has 2 N–H and O–H groups in total. The maximum Gasteiger partial charge on any atom is 0.224 e. The van der Waals surface area contributed by atoms with Gasteiger partial charge in [-0.3, -0.25) is 0 Å². The zero-order chi connectivity index (χ0) is 14.8. The van der Waals surface area contributed by atoms with Gasteiger partial charge in [-0.25, -0.2) is 9.97 Å². The predicted molar refractivity (Wildman–Crippen MR) is 83.3 cm³/mol. The minimum Gasteiger partial charge on any atom is -0.393 e. The molecule has 21 heavy (non-hydrogen) atoms. The van der Waals surface area contributed by atoms with Crippen LogP contribution in [-0.2, 0) is 0 Å². The van der Waals surface area contributed by atoms with Gasteiger partial charge in [0, 0.05) is 23.3 Å². The predicted octanol–water partition coefficient (Wildman–Crippen LogP) is 2.86.